The molecule has 3 rings (SSSR count). The number of thioether (sulfide) groups is 1. The molecule has 3 heterocycles. The van der Waals surface area contributed by atoms with Crippen LogP contribution in [0.2, 0.25) is 0 Å². The van der Waals surface area contributed by atoms with Crippen LogP contribution in [0.5, 0.6) is 0 Å². The molecule has 3 nitrogen and oxygen atoms in total. The Morgan fingerprint density at radius 2 is 2.20 bits per heavy atom. The number of rotatable bonds is 5. The van der Waals surface area contributed by atoms with Crippen LogP contribution in [-0.4, -0.2) is 33.7 Å². The van der Waals surface area contributed by atoms with Gasteiger partial charge in [-0.05, 0) is 35.8 Å². The largest absolute Gasteiger partial charge is 0.389 e. The monoisotopic (exact) mass is 326 g/mol. The van der Waals surface area contributed by atoms with Gasteiger partial charge in [0, 0.05) is 35.1 Å². The first-order valence-electron chi connectivity index (χ1n) is 6.73. The molecule has 2 aromatic rings. The maximum atomic E-state index is 10.4. The molecule has 2 N–H and O–H groups in total. The zero-order chi connectivity index (χ0) is 13.8. The summed E-state index contributed by atoms with van der Waals surface area (Å²) in [7, 11) is 0. The molecule has 6 heteroatoms. The van der Waals surface area contributed by atoms with Crippen LogP contribution >= 0.6 is 34.4 Å². The van der Waals surface area contributed by atoms with Gasteiger partial charge >= 0.3 is 0 Å². The average molecular weight is 327 g/mol. The van der Waals surface area contributed by atoms with Crippen LogP contribution in [0.4, 0.5) is 0 Å². The zero-order valence-electron chi connectivity index (χ0n) is 11.2. The molecule has 0 saturated carbocycles. The second-order valence-electron chi connectivity index (χ2n) is 5.08. The van der Waals surface area contributed by atoms with Crippen molar-refractivity contribution in [2.24, 2.45) is 0 Å². The first-order valence-corrected chi connectivity index (χ1v) is 9.65. The van der Waals surface area contributed by atoms with Gasteiger partial charge in [-0.25, -0.2) is 4.98 Å². The quantitative estimate of drug-likeness (QED) is 0.885. The van der Waals surface area contributed by atoms with E-state index in [0.717, 1.165) is 35.9 Å². The van der Waals surface area contributed by atoms with Gasteiger partial charge in [-0.2, -0.15) is 23.1 Å². The number of nitrogens with zero attached hydrogens (tertiary/aromatic N) is 1. The van der Waals surface area contributed by atoms with Crippen molar-refractivity contribution in [3.05, 3.63) is 27.9 Å². The lowest BCUT2D eigenvalue weighted by Crippen LogP contribution is -2.43. The lowest BCUT2D eigenvalue weighted by Gasteiger charge is -2.31. The summed E-state index contributed by atoms with van der Waals surface area (Å²) in [5, 5.41) is 19.1. The Bertz CT molecular complexity index is 532. The third-order valence-corrected chi connectivity index (χ3v) is 6.21. The molecule has 0 amide bonds. The number of hydrogen-bond acceptors (Lipinski definition) is 6. The highest BCUT2D eigenvalue weighted by Crippen LogP contribution is 2.28. The molecule has 0 spiro atoms. The second-order valence-corrected chi connectivity index (χ2v) is 8.20. The summed E-state index contributed by atoms with van der Waals surface area (Å²) < 4.78 is 0. The summed E-state index contributed by atoms with van der Waals surface area (Å²) in [5.41, 5.74) is 0.695. The Balaban J connectivity index is 1.51. The van der Waals surface area contributed by atoms with Crippen LogP contribution in [0, 0.1) is 0 Å². The first-order chi connectivity index (χ1) is 9.75. The van der Waals surface area contributed by atoms with Gasteiger partial charge in [0.1, 0.15) is 5.01 Å². The van der Waals surface area contributed by atoms with Gasteiger partial charge in [0.05, 0.1) is 5.60 Å². The molecule has 1 aliphatic rings. The number of aliphatic hydroxyl groups is 1. The molecule has 0 aromatic carbocycles. The number of aromatic nitrogens is 1. The minimum absolute atomic E-state index is 0.508. The standard InChI is InChI=1S/C14H18N2OS3/c17-14(2-5-18-6-3-14)10-15-7-12-8-16-13(20-12)11-1-4-19-9-11/h1,4,8-9,15,17H,2-3,5-7,10H2. The van der Waals surface area contributed by atoms with Crippen molar-refractivity contribution in [3.8, 4) is 10.6 Å². The molecule has 0 bridgehead atoms. The normalized spacial score (nSPS) is 18.2. The maximum Gasteiger partial charge on any atom is 0.124 e. The van der Waals surface area contributed by atoms with Crippen molar-refractivity contribution in [3.63, 3.8) is 0 Å². The van der Waals surface area contributed by atoms with E-state index in [4.69, 9.17) is 0 Å². The van der Waals surface area contributed by atoms with Gasteiger partial charge in [-0.1, -0.05) is 0 Å². The second kappa shape index (κ2) is 6.58. The molecular formula is C14H18N2OS3. The van der Waals surface area contributed by atoms with Crippen molar-refractivity contribution in [1.82, 2.24) is 10.3 Å². The van der Waals surface area contributed by atoms with Crippen LogP contribution in [0.1, 0.15) is 17.7 Å². The van der Waals surface area contributed by atoms with E-state index >= 15 is 0 Å². The van der Waals surface area contributed by atoms with Crippen LogP contribution in [0.3, 0.4) is 0 Å². The summed E-state index contributed by atoms with van der Waals surface area (Å²) in [6.07, 6.45) is 3.73. The molecule has 0 unspecified atom stereocenters. The van der Waals surface area contributed by atoms with E-state index in [1.54, 1.807) is 22.7 Å². The lowest BCUT2D eigenvalue weighted by molar-refractivity contribution is 0.0321. The molecule has 20 heavy (non-hydrogen) atoms. The zero-order valence-corrected chi connectivity index (χ0v) is 13.6. The average Bonchev–Trinajstić information content (AvgIpc) is 3.09. The van der Waals surface area contributed by atoms with Crippen molar-refractivity contribution in [2.75, 3.05) is 18.1 Å². The minimum Gasteiger partial charge on any atom is -0.389 e. The van der Waals surface area contributed by atoms with E-state index in [9.17, 15) is 5.11 Å². The third kappa shape index (κ3) is 3.62. The van der Waals surface area contributed by atoms with Crippen molar-refractivity contribution < 1.29 is 5.11 Å². The number of thiazole rings is 1. The number of nitrogens with one attached hydrogen (secondary N) is 1. The van der Waals surface area contributed by atoms with Crippen LogP contribution < -0.4 is 5.32 Å². The Labute approximate surface area is 131 Å². The van der Waals surface area contributed by atoms with Gasteiger partial charge < -0.3 is 10.4 Å². The Hall–Kier alpha value is -0.400. The van der Waals surface area contributed by atoms with Crippen molar-refractivity contribution in [2.45, 2.75) is 25.0 Å². The molecular weight excluding hydrogens is 308 g/mol. The molecule has 0 radical (unpaired) electrons. The van der Waals surface area contributed by atoms with Crippen LogP contribution in [-0.2, 0) is 6.54 Å². The SMILES string of the molecule is OC1(CNCc2cnc(-c3ccsc3)s2)CCSCC1. The Morgan fingerprint density at radius 1 is 1.35 bits per heavy atom. The summed E-state index contributed by atoms with van der Waals surface area (Å²) in [6, 6.07) is 2.10. The first kappa shape index (κ1) is 14.5. The van der Waals surface area contributed by atoms with E-state index < -0.39 is 5.60 Å². The lowest BCUT2D eigenvalue weighted by atomic mass is 9.97. The predicted octanol–water partition coefficient (Wildman–Crippen LogP) is 3.22. The molecule has 1 aliphatic heterocycles. The molecule has 2 aromatic heterocycles. The van der Waals surface area contributed by atoms with Gasteiger partial charge in [-0.3, -0.25) is 0 Å². The number of thiophene rings is 1. The molecule has 1 saturated heterocycles. The van der Waals surface area contributed by atoms with Crippen molar-refractivity contribution in [1.29, 1.82) is 0 Å². The third-order valence-electron chi connectivity index (χ3n) is 3.50. The Morgan fingerprint density at radius 3 is 2.95 bits per heavy atom. The fourth-order valence-electron chi connectivity index (χ4n) is 2.26. The summed E-state index contributed by atoms with van der Waals surface area (Å²) in [5.74, 6) is 2.14. The summed E-state index contributed by atoms with van der Waals surface area (Å²) in [4.78, 5) is 5.68. The predicted molar refractivity (Wildman–Crippen MR) is 88.6 cm³/mol. The summed E-state index contributed by atoms with van der Waals surface area (Å²) >= 11 is 5.35. The van der Waals surface area contributed by atoms with E-state index in [-0.39, 0.29) is 0 Å². The van der Waals surface area contributed by atoms with E-state index in [0.29, 0.717) is 6.54 Å². The van der Waals surface area contributed by atoms with Crippen molar-refractivity contribution >= 4 is 34.4 Å². The van der Waals surface area contributed by atoms with Crippen LogP contribution in [0.15, 0.2) is 23.0 Å². The molecule has 0 aliphatic carbocycles. The smallest absolute Gasteiger partial charge is 0.124 e. The summed E-state index contributed by atoms with van der Waals surface area (Å²) in [6.45, 7) is 1.47. The Kier molecular flexibility index (Phi) is 4.78. The molecule has 0 atom stereocenters. The van der Waals surface area contributed by atoms with E-state index in [1.165, 1.54) is 10.4 Å². The minimum atomic E-state index is -0.508. The highest BCUT2D eigenvalue weighted by Gasteiger charge is 2.28. The number of hydrogen-bond donors (Lipinski definition) is 2. The molecule has 108 valence electrons. The van der Waals surface area contributed by atoms with E-state index in [1.807, 2.05) is 18.0 Å². The van der Waals surface area contributed by atoms with Gasteiger partial charge in [0.15, 0.2) is 0 Å². The van der Waals surface area contributed by atoms with Gasteiger partial charge in [-0.15, -0.1) is 11.3 Å². The highest BCUT2D eigenvalue weighted by molar-refractivity contribution is 7.99. The van der Waals surface area contributed by atoms with Gasteiger partial charge in [0.25, 0.3) is 0 Å². The molecule has 1 fully saturated rings. The van der Waals surface area contributed by atoms with E-state index in [2.05, 4.69) is 27.1 Å². The maximum absolute atomic E-state index is 10.4. The van der Waals surface area contributed by atoms with Crippen LogP contribution in [0.25, 0.3) is 10.6 Å². The fourth-order valence-corrected chi connectivity index (χ4v) is 5.10. The van der Waals surface area contributed by atoms with Gasteiger partial charge in [0.2, 0.25) is 0 Å². The topological polar surface area (TPSA) is 45.1 Å². The highest BCUT2D eigenvalue weighted by atomic mass is 32.2. The fraction of sp³-hybridized carbons (Fsp3) is 0.500.